The number of aliphatic imine (C=N–C) groups is 1. The lowest BCUT2D eigenvalue weighted by Gasteiger charge is -2.41. The van der Waals surface area contributed by atoms with Crippen molar-refractivity contribution in [3.05, 3.63) is 0 Å². The molecule has 104 valence electrons. The molecule has 1 fully saturated rings. The van der Waals surface area contributed by atoms with Crippen molar-refractivity contribution in [1.29, 1.82) is 0 Å². The highest BCUT2D eigenvalue weighted by Gasteiger charge is 2.62. The summed E-state index contributed by atoms with van der Waals surface area (Å²) in [6.45, 7) is 0.937. The van der Waals surface area contributed by atoms with E-state index in [0.29, 0.717) is 12.3 Å². The predicted molar refractivity (Wildman–Crippen MR) is 64.3 cm³/mol. The van der Waals surface area contributed by atoms with Crippen LogP contribution in [0.15, 0.2) is 4.99 Å². The smallest absolute Gasteiger partial charge is 0.360 e. The van der Waals surface area contributed by atoms with Crippen LogP contribution in [0, 0.1) is 0 Å². The van der Waals surface area contributed by atoms with Crippen LogP contribution < -0.4 is 0 Å². The molecule has 0 atom stereocenters. The van der Waals surface area contributed by atoms with E-state index in [1.54, 1.807) is 0 Å². The van der Waals surface area contributed by atoms with Gasteiger partial charge in [-0.3, -0.25) is 9.13 Å². The van der Waals surface area contributed by atoms with E-state index in [1.165, 1.54) is 0 Å². The quantitative estimate of drug-likeness (QED) is 0.539. The summed E-state index contributed by atoms with van der Waals surface area (Å²) in [4.78, 5) is 42.9. The number of hydrogen-bond donors (Lipinski definition) is 4. The zero-order chi connectivity index (χ0) is 13.6. The van der Waals surface area contributed by atoms with Gasteiger partial charge in [-0.05, 0) is 12.8 Å². The summed E-state index contributed by atoms with van der Waals surface area (Å²) in [5.74, 6) is 0.402. The normalized spacial score (nSPS) is 24.4. The third-order valence-electron chi connectivity index (χ3n) is 3.40. The first kappa shape index (κ1) is 14.2. The second kappa shape index (κ2) is 4.40. The Kier molecular flexibility index (Phi) is 3.47. The van der Waals surface area contributed by atoms with E-state index in [2.05, 4.69) is 4.99 Å². The van der Waals surface area contributed by atoms with Gasteiger partial charge in [-0.15, -0.1) is 0 Å². The van der Waals surface area contributed by atoms with E-state index in [9.17, 15) is 28.7 Å². The average Bonchev–Trinajstić information content (AvgIpc) is 2.25. The Labute approximate surface area is 104 Å². The van der Waals surface area contributed by atoms with Crippen LogP contribution in [-0.4, -0.2) is 48.4 Å². The van der Waals surface area contributed by atoms with Crippen LogP contribution in [0.5, 0.6) is 0 Å². The summed E-state index contributed by atoms with van der Waals surface area (Å²) in [6.07, 6.45) is 1.94. The number of hydrogen-bond acceptors (Lipinski definition) is 4. The molecular weight excluding hydrogens is 282 g/mol. The van der Waals surface area contributed by atoms with Gasteiger partial charge in [-0.1, -0.05) is 0 Å². The van der Waals surface area contributed by atoms with Crippen molar-refractivity contribution in [2.24, 2.45) is 4.99 Å². The summed E-state index contributed by atoms with van der Waals surface area (Å²) in [6, 6.07) is 0. The molecule has 10 heteroatoms. The van der Waals surface area contributed by atoms with E-state index in [0.717, 1.165) is 19.4 Å². The van der Waals surface area contributed by atoms with E-state index >= 15 is 0 Å². The van der Waals surface area contributed by atoms with Crippen molar-refractivity contribution < 1.29 is 28.7 Å². The van der Waals surface area contributed by atoms with Crippen molar-refractivity contribution in [1.82, 2.24) is 4.90 Å². The maximum absolute atomic E-state index is 11.5. The molecule has 0 spiro atoms. The van der Waals surface area contributed by atoms with Gasteiger partial charge in [-0.25, -0.2) is 4.99 Å². The van der Waals surface area contributed by atoms with Gasteiger partial charge in [0.1, 0.15) is 5.84 Å². The minimum Gasteiger partial charge on any atom is -0.360 e. The van der Waals surface area contributed by atoms with Crippen LogP contribution in [0.25, 0.3) is 0 Å². The van der Waals surface area contributed by atoms with Crippen LogP contribution in [-0.2, 0) is 9.13 Å². The molecular formula is C8H16N2O6P2. The van der Waals surface area contributed by atoms with Gasteiger partial charge in [0.2, 0.25) is 0 Å². The molecule has 0 amide bonds. The molecule has 2 rings (SSSR count). The third-order valence-corrected chi connectivity index (χ3v) is 7.48. The Morgan fingerprint density at radius 1 is 1.06 bits per heavy atom. The van der Waals surface area contributed by atoms with Crippen LogP contribution in [0.1, 0.15) is 25.7 Å². The van der Waals surface area contributed by atoms with Crippen LogP contribution >= 0.6 is 15.2 Å². The van der Waals surface area contributed by atoms with E-state index < -0.39 is 20.2 Å². The van der Waals surface area contributed by atoms with E-state index in [1.807, 2.05) is 4.90 Å². The highest BCUT2D eigenvalue weighted by molar-refractivity contribution is 7.72. The molecule has 18 heavy (non-hydrogen) atoms. The van der Waals surface area contributed by atoms with Gasteiger partial charge in [-0.2, -0.15) is 0 Å². The molecule has 0 aromatic carbocycles. The number of fused-ring (bicyclic) bond motifs is 1. The Bertz CT molecular complexity index is 444. The fourth-order valence-corrected chi connectivity index (χ4v) is 5.01. The Balaban J connectivity index is 2.51. The highest BCUT2D eigenvalue weighted by Crippen LogP contribution is 2.72. The topological polar surface area (TPSA) is 131 Å². The third kappa shape index (κ3) is 2.18. The molecule has 2 aliphatic rings. The number of piperidine rings is 1. The van der Waals surface area contributed by atoms with Crippen molar-refractivity contribution >= 4 is 21.0 Å². The van der Waals surface area contributed by atoms with Crippen LogP contribution in [0.3, 0.4) is 0 Å². The first-order valence-corrected chi connectivity index (χ1v) is 8.85. The highest BCUT2D eigenvalue weighted by atomic mass is 31.2. The van der Waals surface area contributed by atoms with E-state index in [4.69, 9.17) is 0 Å². The molecule has 0 radical (unpaired) electrons. The van der Waals surface area contributed by atoms with Gasteiger partial charge in [0.15, 0.2) is 0 Å². The Hall–Kier alpha value is -0.230. The molecule has 4 N–H and O–H groups in total. The summed E-state index contributed by atoms with van der Waals surface area (Å²) < 4.78 is 23.0. The number of amidine groups is 1. The van der Waals surface area contributed by atoms with Crippen molar-refractivity contribution in [3.63, 3.8) is 0 Å². The second-order valence-corrected chi connectivity index (χ2v) is 8.59. The first-order chi connectivity index (χ1) is 8.17. The zero-order valence-corrected chi connectivity index (χ0v) is 11.4. The summed E-state index contributed by atoms with van der Waals surface area (Å²) in [5.41, 5.74) is 0. The molecule has 0 unspecified atom stereocenters. The van der Waals surface area contributed by atoms with Crippen LogP contribution in [0.4, 0.5) is 0 Å². The van der Waals surface area contributed by atoms with Gasteiger partial charge >= 0.3 is 15.2 Å². The molecule has 1 saturated heterocycles. The largest absolute Gasteiger partial charge is 0.365 e. The SMILES string of the molecule is O=P(O)(O)C1(P(=O)(O)O)CCN2CCCCC2=N1. The molecule has 0 aromatic rings. The van der Waals surface area contributed by atoms with Crippen LogP contribution in [0.2, 0.25) is 0 Å². The van der Waals surface area contributed by atoms with Gasteiger partial charge < -0.3 is 24.5 Å². The Morgan fingerprint density at radius 3 is 2.22 bits per heavy atom. The van der Waals surface area contributed by atoms with Gasteiger partial charge in [0.05, 0.1) is 0 Å². The maximum atomic E-state index is 11.5. The minimum atomic E-state index is -5.03. The summed E-state index contributed by atoms with van der Waals surface area (Å²) in [5, 5.41) is -2.58. The van der Waals surface area contributed by atoms with Crippen molar-refractivity contribution in [2.75, 3.05) is 13.1 Å². The molecule has 0 aliphatic carbocycles. The lowest BCUT2D eigenvalue weighted by molar-refractivity contribution is 0.268. The molecule has 2 aliphatic heterocycles. The average molecular weight is 298 g/mol. The standard InChI is InChI=1S/C8H16N2O6P2/c11-17(12,13)8(18(14,15)16)4-6-10-5-2-1-3-7(10)9-8/h1-6H2,(H2,11,12,13)(H2,14,15,16). The predicted octanol–water partition coefficient (Wildman–Crippen LogP) is 0.284. The van der Waals surface area contributed by atoms with Crippen molar-refractivity contribution in [3.8, 4) is 0 Å². The first-order valence-electron chi connectivity index (χ1n) is 5.62. The van der Waals surface area contributed by atoms with Gasteiger partial charge in [0.25, 0.3) is 5.02 Å². The molecule has 0 aromatic heterocycles. The monoisotopic (exact) mass is 298 g/mol. The lowest BCUT2D eigenvalue weighted by atomic mass is 10.1. The molecule has 2 heterocycles. The van der Waals surface area contributed by atoms with Crippen molar-refractivity contribution in [2.45, 2.75) is 30.7 Å². The summed E-state index contributed by atoms with van der Waals surface area (Å²) >= 11 is 0. The Morgan fingerprint density at radius 2 is 1.67 bits per heavy atom. The lowest BCUT2D eigenvalue weighted by Crippen LogP contribution is -2.46. The second-order valence-electron chi connectivity index (χ2n) is 4.58. The number of nitrogens with zero attached hydrogens (tertiary/aromatic N) is 2. The van der Waals surface area contributed by atoms with E-state index in [-0.39, 0.29) is 13.0 Å². The summed E-state index contributed by atoms with van der Waals surface area (Å²) in [7, 11) is -10.1. The zero-order valence-electron chi connectivity index (χ0n) is 9.64. The fourth-order valence-electron chi connectivity index (χ4n) is 2.38. The van der Waals surface area contributed by atoms with Gasteiger partial charge in [0, 0.05) is 25.9 Å². The maximum Gasteiger partial charge on any atom is 0.365 e. The molecule has 0 bridgehead atoms. The number of rotatable bonds is 2. The molecule has 0 saturated carbocycles. The fraction of sp³-hybridized carbons (Fsp3) is 0.875. The molecule has 8 nitrogen and oxygen atoms in total. The minimum absolute atomic E-state index is 0.217.